The molecule has 5 nitrogen and oxygen atoms in total. The summed E-state index contributed by atoms with van der Waals surface area (Å²) >= 11 is 0. The minimum Gasteiger partial charge on any atom is -0.364 e. The predicted molar refractivity (Wildman–Crippen MR) is 61.0 cm³/mol. The molecule has 0 spiro atoms. The molecular formula is C11H18N4O. The number of piperidine rings is 1. The summed E-state index contributed by atoms with van der Waals surface area (Å²) in [5.41, 5.74) is 6.76. The third kappa shape index (κ3) is 2.09. The van der Waals surface area contributed by atoms with Crippen molar-refractivity contribution in [2.75, 3.05) is 6.54 Å². The molecule has 1 aliphatic heterocycles. The van der Waals surface area contributed by atoms with Gasteiger partial charge in [0.1, 0.15) is 5.69 Å². The van der Waals surface area contributed by atoms with E-state index in [0.717, 1.165) is 18.7 Å². The summed E-state index contributed by atoms with van der Waals surface area (Å²) in [5.74, 6) is -0.406. The monoisotopic (exact) mass is 222 g/mol. The smallest absolute Gasteiger partial charge is 0.266 e. The van der Waals surface area contributed by atoms with Gasteiger partial charge in [0.2, 0.25) is 0 Å². The average molecular weight is 222 g/mol. The Morgan fingerprint density at radius 3 is 3.00 bits per heavy atom. The van der Waals surface area contributed by atoms with Gasteiger partial charge in [0.25, 0.3) is 5.91 Å². The Bertz CT molecular complexity index is 379. The first-order valence-corrected chi connectivity index (χ1v) is 5.83. The Morgan fingerprint density at radius 1 is 1.69 bits per heavy atom. The number of aromatic nitrogens is 2. The number of rotatable bonds is 3. The first-order valence-electron chi connectivity index (χ1n) is 5.83. The zero-order chi connectivity index (χ0) is 11.5. The first kappa shape index (κ1) is 11.1. The van der Waals surface area contributed by atoms with Crippen LogP contribution in [0.4, 0.5) is 0 Å². The van der Waals surface area contributed by atoms with Crippen molar-refractivity contribution in [2.45, 2.75) is 38.8 Å². The standard InChI is InChI=1S/C11H18N4O/c1-2-15-10(11(12)16)7-9(14-15)8-5-3-4-6-13-8/h7-8,13H,2-6H2,1H3,(H2,12,16). The molecule has 2 rings (SSSR count). The molecule has 1 fully saturated rings. The van der Waals surface area contributed by atoms with E-state index in [1.165, 1.54) is 12.8 Å². The van der Waals surface area contributed by atoms with Crippen molar-refractivity contribution in [1.29, 1.82) is 0 Å². The summed E-state index contributed by atoms with van der Waals surface area (Å²) in [6, 6.07) is 2.09. The molecule has 1 atom stereocenters. The number of primary amides is 1. The van der Waals surface area contributed by atoms with Crippen LogP contribution in [0.15, 0.2) is 6.07 Å². The third-order valence-corrected chi connectivity index (χ3v) is 3.02. The largest absolute Gasteiger partial charge is 0.364 e. The maximum absolute atomic E-state index is 11.2. The molecule has 0 aromatic carbocycles. The van der Waals surface area contributed by atoms with Crippen LogP contribution in [0.1, 0.15) is 48.4 Å². The summed E-state index contributed by atoms with van der Waals surface area (Å²) in [6.45, 7) is 3.65. The van der Waals surface area contributed by atoms with Crippen LogP contribution < -0.4 is 11.1 Å². The topological polar surface area (TPSA) is 72.9 Å². The normalized spacial score (nSPS) is 20.9. The zero-order valence-electron chi connectivity index (χ0n) is 9.57. The fourth-order valence-electron chi connectivity index (χ4n) is 2.15. The fraction of sp³-hybridized carbons (Fsp3) is 0.636. The Labute approximate surface area is 95.0 Å². The highest BCUT2D eigenvalue weighted by atomic mass is 16.1. The summed E-state index contributed by atoms with van der Waals surface area (Å²) < 4.78 is 1.67. The Morgan fingerprint density at radius 2 is 2.50 bits per heavy atom. The number of nitrogens with zero attached hydrogens (tertiary/aromatic N) is 2. The highest BCUT2D eigenvalue weighted by Gasteiger charge is 2.20. The molecular weight excluding hydrogens is 204 g/mol. The highest BCUT2D eigenvalue weighted by Crippen LogP contribution is 2.22. The molecule has 0 aliphatic carbocycles. The van der Waals surface area contributed by atoms with Gasteiger partial charge in [-0.3, -0.25) is 9.48 Å². The molecule has 3 N–H and O–H groups in total. The Kier molecular flexibility index (Phi) is 3.24. The number of hydrogen-bond donors (Lipinski definition) is 2. The van der Waals surface area contributed by atoms with Crippen molar-refractivity contribution < 1.29 is 4.79 Å². The minimum atomic E-state index is -0.406. The van der Waals surface area contributed by atoms with E-state index in [1.807, 2.05) is 13.0 Å². The van der Waals surface area contributed by atoms with Crippen molar-refractivity contribution in [3.05, 3.63) is 17.5 Å². The van der Waals surface area contributed by atoms with Crippen LogP contribution in [0.5, 0.6) is 0 Å². The second-order valence-corrected chi connectivity index (χ2v) is 4.14. The van der Waals surface area contributed by atoms with E-state index in [9.17, 15) is 4.79 Å². The van der Waals surface area contributed by atoms with Gasteiger partial charge in [0, 0.05) is 6.54 Å². The number of nitrogens with two attached hydrogens (primary N) is 1. The van der Waals surface area contributed by atoms with Crippen molar-refractivity contribution in [2.24, 2.45) is 5.73 Å². The Balaban J connectivity index is 2.24. The lowest BCUT2D eigenvalue weighted by molar-refractivity contribution is 0.0990. The Hall–Kier alpha value is -1.36. The van der Waals surface area contributed by atoms with E-state index in [4.69, 9.17) is 5.73 Å². The molecule has 2 heterocycles. The summed E-state index contributed by atoms with van der Waals surface area (Å²) in [6.07, 6.45) is 3.51. The molecule has 5 heteroatoms. The molecule has 1 aliphatic rings. The maximum Gasteiger partial charge on any atom is 0.266 e. The van der Waals surface area contributed by atoms with Crippen molar-refractivity contribution in [3.63, 3.8) is 0 Å². The van der Waals surface area contributed by atoms with E-state index < -0.39 is 5.91 Å². The van der Waals surface area contributed by atoms with Crippen LogP contribution in [0.3, 0.4) is 0 Å². The summed E-state index contributed by atoms with van der Waals surface area (Å²) in [5, 5.41) is 7.84. The van der Waals surface area contributed by atoms with Crippen LogP contribution in [-0.2, 0) is 6.54 Å². The van der Waals surface area contributed by atoms with Crippen LogP contribution in [0.2, 0.25) is 0 Å². The third-order valence-electron chi connectivity index (χ3n) is 3.02. The van der Waals surface area contributed by atoms with Crippen molar-refractivity contribution in [1.82, 2.24) is 15.1 Å². The highest BCUT2D eigenvalue weighted by molar-refractivity contribution is 5.91. The fourth-order valence-corrected chi connectivity index (χ4v) is 2.15. The lowest BCUT2D eigenvalue weighted by Crippen LogP contribution is -2.27. The first-order chi connectivity index (χ1) is 7.72. The molecule has 1 aromatic rings. The second-order valence-electron chi connectivity index (χ2n) is 4.14. The predicted octanol–water partition coefficient (Wildman–Crippen LogP) is 0.817. The molecule has 1 aromatic heterocycles. The quantitative estimate of drug-likeness (QED) is 0.795. The molecule has 0 bridgehead atoms. The van der Waals surface area contributed by atoms with E-state index >= 15 is 0 Å². The van der Waals surface area contributed by atoms with E-state index in [2.05, 4.69) is 10.4 Å². The van der Waals surface area contributed by atoms with Crippen LogP contribution in [-0.4, -0.2) is 22.2 Å². The van der Waals surface area contributed by atoms with E-state index in [1.54, 1.807) is 4.68 Å². The second kappa shape index (κ2) is 4.65. The molecule has 1 amide bonds. The number of carbonyl (C=O) groups is 1. The van der Waals surface area contributed by atoms with Gasteiger partial charge in [-0.25, -0.2) is 0 Å². The molecule has 1 saturated heterocycles. The maximum atomic E-state index is 11.2. The molecule has 1 unspecified atom stereocenters. The van der Waals surface area contributed by atoms with Gasteiger partial charge in [0.15, 0.2) is 0 Å². The summed E-state index contributed by atoms with van der Waals surface area (Å²) in [4.78, 5) is 11.2. The average Bonchev–Trinajstić information content (AvgIpc) is 2.74. The van der Waals surface area contributed by atoms with E-state index in [-0.39, 0.29) is 6.04 Å². The van der Waals surface area contributed by atoms with Crippen molar-refractivity contribution in [3.8, 4) is 0 Å². The van der Waals surface area contributed by atoms with E-state index in [0.29, 0.717) is 12.2 Å². The van der Waals surface area contributed by atoms with Crippen LogP contribution >= 0.6 is 0 Å². The van der Waals surface area contributed by atoms with Gasteiger partial charge in [-0.05, 0) is 32.4 Å². The SMILES string of the molecule is CCn1nc(C2CCCCN2)cc1C(N)=O. The molecule has 16 heavy (non-hydrogen) atoms. The molecule has 0 saturated carbocycles. The minimum absolute atomic E-state index is 0.277. The zero-order valence-corrected chi connectivity index (χ0v) is 9.57. The van der Waals surface area contributed by atoms with Gasteiger partial charge in [0.05, 0.1) is 11.7 Å². The van der Waals surface area contributed by atoms with Gasteiger partial charge < -0.3 is 11.1 Å². The van der Waals surface area contributed by atoms with Crippen molar-refractivity contribution >= 4 is 5.91 Å². The molecule has 0 radical (unpaired) electrons. The van der Waals surface area contributed by atoms with Crippen LogP contribution in [0.25, 0.3) is 0 Å². The lowest BCUT2D eigenvalue weighted by atomic mass is 10.0. The number of amides is 1. The summed E-state index contributed by atoms with van der Waals surface area (Å²) in [7, 11) is 0. The number of nitrogens with one attached hydrogen (secondary N) is 1. The number of aryl methyl sites for hydroxylation is 1. The van der Waals surface area contributed by atoms with Gasteiger partial charge in [-0.1, -0.05) is 6.42 Å². The van der Waals surface area contributed by atoms with Gasteiger partial charge >= 0.3 is 0 Å². The number of carbonyl (C=O) groups excluding carboxylic acids is 1. The van der Waals surface area contributed by atoms with Gasteiger partial charge in [-0.2, -0.15) is 5.10 Å². The number of hydrogen-bond acceptors (Lipinski definition) is 3. The lowest BCUT2D eigenvalue weighted by Gasteiger charge is -2.21. The van der Waals surface area contributed by atoms with Gasteiger partial charge in [-0.15, -0.1) is 0 Å². The molecule has 88 valence electrons. The van der Waals surface area contributed by atoms with Crippen LogP contribution in [0, 0.1) is 0 Å².